The van der Waals surface area contributed by atoms with E-state index in [4.69, 9.17) is 9.78 Å². The number of aromatic nitrogens is 1. The van der Waals surface area contributed by atoms with Crippen molar-refractivity contribution in [2.24, 2.45) is 0 Å². The van der Waals surface area contributed by atoms with E-state index < -0.39 is 30.2 Å². The summed E-state index contributed by atoms with van der Waals surface area (Å²) in [6.07, 6.45) is -6.06. The molecule has 0 bridgehead atoms. The SMILES string of the molecule is COC(=O)c1[nH]c2ccc(OC(F)(F)F)cc2c1OOC(C)C(=O)OC. The Morgan fingerprint density at radius 3 is 2.42 bits per heavy atom. The van der Waals surface area contributed by atoms with Gasteiger partial charge in [-0.05, 0) is 25.1 Å². The average Bonchev–Trinajstić information content (AvgIpc) is 2.94. The fraction of sp³-hybridized carbons (Fsp3) is 0.333. The largest absolute Gasteiger partial charge is 0.573 e. The molecule has 1 N–H and O–H groups in total. The summed E-state index contributed by atoms with van der Waals surface area (Å²) in [5.41, 5.74) is 0.0352. The van der Waals surface area contributed by atoms with Gasteiger partial charge in [0, 0.05) is 0 Å². The maximum Gasteiger partial charge on any atom is 0.573 e. The Morgan fingerprint density at radius 2 is 1.85 bits per heavy atom. The number of fused-ring (bicyclic) bond motifs is 1. The van der Waals surface area contributed by atoms with Gasteiger partial charge in [0.2, 0.25) is 5.75 Å². The Morgan fingerprint density at radius 1 is 1.15 bits per heavy atom. The number of halogens is 3. The zero-order valence-electron chi connectivity index (χ0n) is 13.8. The van der Waals surface area contributed by atoms with Gasteiger partial charge in [-0.2, -0.15) is 4.89 Å². The molecule has 0 aliphatic rings. The Labute approximate surface area is 144 Å². The first-order chi connectivity index (χ1) is 12.2. The highest BCUT2D eigenvalue weighted by atomic mass is 19.4. The van der Waals surface area contributed by atoms with Crippen LogP contribution in [0.2, 0.25) is 0 Å². The van der Waals surface area contributed by atoms with Crippen molar-refractivity contribution < 1.29 is 46.7 Å². The molecule has 0 radical (unpaired) electrons. The van der Waals surface area contributed by atoms with E-state index in [0.29, 0.717) is 0 Å². The van der Waals surface area contributed by atoms with E-state index in [2.05, 4.69) is 19.2 Å². The van der Waals surface area contributed by atoms with E-state index in [1.54, 1.807) is 0 Å². The van der Waals surface area contributed by atoms with E-state index in [0.717, 1.165) is 26.4 Å². The number of carbonyl (C=O) groups is 2. The second-order valence-corrected chi connectivity index (χ2v) is 4.92. The number of benzene rings is 1. The second-order valence-electron chi connectivity index (χ2n) is 4.92. The third kappa shape index (κ3) is 4.36. The van der Waals surface area contributed by atoms with Crippen LogP contribution in [-0.4, -0.2) is 43.6 Å². The number of aromatic amines is 1. The predicted molar refractivity (Wildman–Crippen MR) is 79.5 cm³/mol. The van der Waals surface area contributed by atoms with Crippen LogP contribution < -0.4 is 9.62 Å². The lowest BCUT2D eigenvalue weighted by Gasteiger charge is -2.11. The molecule has 142 valence electrons. The Balaban J connectivity index is 2.43. The van der Waals surface area contributed by atoms with E-state index in [1.807, 2.05) is 0 Å². The van der Waals surface area contributed by atoms with Crippen LogP contribution in [0.15, 0.2) is 18.2 Å². The predicted octanol–water partition coefficient (Wildman–Crippen LogP) is 2.73. The van der Waals surface area contributed by atoms with Crippen molar-refractivity contribution >= 4 is 22.8 Å². The molecule has 0 saturated heterocycles. The van der Waals surface area contributed by atoms with Gasteiger partial charge in [-0.15, -0.1) is 13.2 Å². The molecular weight excluding hydrogens is 363 g/mol. The minimum Gasteiger partial charge on any atom is -0.467 e. The van der Waals surface area contributed by atoms with Crippen LogP contribution in [0.4, 0.5) is 13.2 Å². The number of hydrogen-bond acceptors (Lipinski definition) is 7. The molecular formula is C15H14F3NO7. The number of methoxy groups -OCH3 is 2. The van der Waals surface area contributed by atoms with Crippen LogP contribution in [-0.2, 0) is 19.2 Å². The monoisotopic (exact) mass is 377 g/mol. The van der Waals surface area contributed by atoms with Crippen molar-refractivity contribution in [3.63, 3.8) is 0 Å². The molecule has 8 nitrogen and oxygen atoms in total. The summed E-state index contributed by atoms with van der Waals surface area (Å²) in [6, 6.07) is 3.29. The third-order valence-electron chi connectivity index (χ3n) is 3.15. The van der Waals surface area contributed by atoms with Crippen LogP contribution in [0.1, 0.15) is 17.4 Å². The van der Waals surface area contributed by atoms with Crippen LogP contribution in [0.5, 0.6) is 11.5 Å². The van der Waals surface area contributed by atoms with Crippen LogP contribution in [0, 0.1) is 0 Å². The minimum atomic E-state index is -4.90. The van der Waals surface area contributed by atoms with Crippen molar-refractivity contribution in [1.82, 2.24) is 4.98 Å². The smallest absolute Gasteiger partial charge is 0.467 e. The molecule has 1 unspecified atom stereocenters. The molecule has 0 aliphatic carbocycles. The van der Waals surface area contributed by atoms with Crippen molar-refractivity contribution in [2.45, 2.75) is 19.4 Å². The average molecular weight is 377 g/mol. The summed E-state index contributed by atoms with van der Waals surface area (Å²) >= 11 is 0. The first-order valence-corrected chi connectivity index (χ1v) is 7.07. The zero-order valence-corrected chi connectivity index (χ0v) is 13.8. The first-order valence-electron chi connectivity index (χ1n) is 7.07. The Hall–Kier alpha value is -2.95. The summed E-state index contributed by atoms with van der Waals surface area (Å²) in [7, 11) is 2.24. The van der Waals surface area contributed by atoms with Gasteiger partial charge in [0.05, 0.1) is 25.1 Å². The maximum absolute atomic E-state index is 12.4. The highest BCUT2D eigenvalue weighted by Crippen LogP contribution is 2.35. The number of alkyl halides is 3. The summed E-state index contributed by atoms with van der Waals surface area (Å²) in [5, 5.41) is 0.0456. The molecule has 1 aromatic carbocycles. The highest BCUT2D eigenvalue weighted by Gasteiger charge is 2.32. The molecule has 11 heteroatoms. The van der Waals surface area contributed by atoms with Gasteiger partial charge < -0.3 is 24.1 Å². The summed E-state index contributed by atoms with van der Waals surface area (Å²) in [6.45, 7) is 1.32. The summed E-state index contributed by atoms with van der Waals surface area (Å²) in [5.74, 6) is -2.42. The highest BCUT2D eigenvalue weighted by molar-refractivity contribution is 6.01. The minimum absolute atomic E-state index is 0.0456. The molecule has 0 amide bonds. The fourth-order valence-corrected chi connectivity index (χ4v) is 2.00. The number of esters is 2. The maximum atomic E-state index is 12.4. The molecule has 2 aromatic rings. The Bertz CT molecular complexity index is 815. The summed E-state index contributed by atoms with van der Waals surface area (Å²) < 4.78 is 50.1. The number of carbonyl (C=O) groups excluding carboxylic acids is 2. The molecule has 0 fully saturated rings. The molecule has 1 atom stereocenters. The molecule has 26 heavy (non-hydrogen) atoms. The quantitative estimate of drug-likeness (QED) is 0.470. The number of rotatable bonds is 6. The third-order valence-corrected chi connectivity index (χ3v) is 3.15. The molecule has 0 aliphatic heterocycles. The van der Waals surface area contributed by atoms with Gasteiger partial charge in [0.15, 0.2) is 11.8 Å². The van der Waals surface area contributed by atoms with Crippen molar-refractivity contribution in [2.75, 3.05) is 14.2 Å². The topological polar surface area (TPSA) is 96.1 Å². The molecule has 0 spiro atoms. The van der Waals surface area contributed by atoms with E-state index in [-0.39, 0.29) is 22.3 Å². The van der Waals surface area contributed by atoms with Gasteiger partial charge in [-0.1, -0.05) is 0 Å². The lowest BCUT2D eigenvalue weighted by molar-refractivity contribution is -0.274. The normalized spacial score (nSPS) is 12.5. The van der Waals surface area contributed by atoms with Crippen LogP contribution in [0.25, 0.3) is 10.9 Å². The standard InChI is InChI=1S/C15H14F3NO7/c1-7(13(20)22-2)25-26-12-9-6-8(24-15(16,17)18)4-5-10(9)19-11(12)14(21)23-3/h4-7,19H,1-3H3. The van der Waals surface area contributed by atoms with Gasteiger partial charge in [-0.3, -0.25) is 0 Å². The number of ether oxygens (including phenoxy) is 3. The van der Waals surface area contributed by atoms with Gasteiger partial charge in [-0.25, -0.2) is 9.59 Å². The molecule has 1 heterocycles. The van der Waals surface area contributed by atoms with Gasteiger partial charge in [0.25, 0.3) is 0 Å². The van der Waals surface area contributed by atoms with Crippen LogP contribution in [0.3, 0.4) is 0 Å². The lowest BCUT2D eigenvalue weighted by Crippen LogP contribution is -2.24. The lowest BCUT2D eigenvalue weighted by atomic mass is 10.2. The van der Waals surface area contributed by atoms with Crippen molar-refractivity contribution in [3.8, 4) is 11.5 Å². The van der Waals surface area contributed by atoms with Gasteiger partial charge >= 0.3 is 18.3 Å². The molecule has 2 rings (SSSR count). The molecule has 0 saturated carbocycles. The number of nitrogens with one attached hydrogen (secondary N) is 1. The first kappa shape index (κ1) is 19.4. The van der Waals surface area contributed by atoms with Crippen molar-refractivity contribution in [3.05, 3.63) is 23.9 Å². The molecule has 1 aromatic heterocycles. The van der Waals surface area contributed by atoms with E-state index >= 15 is 0 Å². The van der Waals surface area contributed by atoms with E-state index in [9.17, 15) is 22.8 Å². The second kappa shape index (κ2) is 7.52. The van der Waals surface area contributed by atoms with Gasteiger partial charge in [0.1, 0.15) is 5.75 Å². The van der Waals surface area contributed by atoms with E-state index in [1.165, 1.54) is 13.0 Å². The summed E-state index contributed by atoms with van der Waals surface area (Å²) in [4.78, 5) is 35.7. The number of hydrogen-bond donors (Lipinski definition) is 1. The zero-order chi connectivity index (χ0) is 19.5. The number of H-pyrrole nitrogens is 1. The van der Waals surface area contributed by atoms with Crippen molar-refractivity contribution in [1.29, 1.82) is 0 Å². The Kier molecular flexibility index (Phi) is 5.60. The fourth-order valence-electron chi connectivity index (χ4n) is 2.00. The van der Waals surface area contributed by atoms with Crippen LogP contribution >= 0.6 is 0 Å².